The van der Waals surface area contributed by atoms with Crippen LogP contribution in [0.25, 0.3) is 0 Å². The Morgan fingerprint density at radius 2 is 1.58 bits per heavy atom. The Bertz CT molecular complexity index is 1190. The summed E-state index contributed by atoms with van der Waals surface area (Å²) < 4.78 is 28.3. The number of nitrogens with zero attached hydrogens (tertiary/aromatic N) is 1. The topological polar surface area (TPSA) is 66.5 Å². The first-order valence-electron chi connectivity index (χ1n) is 9.82. The van der Waals surface area contributed by atoms with Crippen LogP contribution in [0.1, 0.15) is 16.7 Å². The van der Waals surface area contributed by atoms with E-state index in [1.165, 1.54) is 16.1 Å². The van der Waals surface area contributed by atoms with Gasteiger partial charge >= 0.3 is 0 Å². The smallest absolute Gasteiger partial charge is 0.264 e. The van der Waals surface area contributed by atoms with Gasteiger partial charge in [-0.1, -0.05) is 47.5 Å². The largest absolute Gasteiger partial charge is 0.323 e. The number of para-hydroxylation sites is 1. The maximum atomic E-state index is 13.5. The van der Waals surface area contributed by atoms with E-state index in [0.29, 0.717) is 11.4 Å². The summed E-state index contributed by atoms with van der Waals surface area (Å²) in [4.78, 5) is 14.0. The molecule has 0 spiro atoms. The summed E-state index contributed by atoms with van der Waals surface area (Å²) in [6, 6.07) is 19.6. The van der Waals surface area contributed by atoms with Gasteiger partial charge in [0.2, 0.25) is 5.91 Å². The van der Waals surface area contributed by atoms with Crippen molar-refractivity contribution < 1.29 is 13.2 Å². The molecular weight excluding hydrogens is 428 g/mol. The van der Waals surface area contributed by atoms with E-state index in [1.807, 2.05) is 57.4 Å². The molecular formula is C24H26N2O3S2. The van der Waals surface area contributed by atoms with E-state index in [1.54, 1.807) is 36.4 Å². The molecule has 7 heteroatoms. The number of benzene rings is 3. The highest BCUT2D eigenvalue weighted by atomic mass is 32.2. The number of nitrogens with one attached hydrogen (secondary N) is 1. The zero-order valence-corrected chi connectivity index (χ0v) is 19.7. The maximum Gasteiger partial charge on any atom is 0.264 e. The second-order valence-electron chi connectivity index (χ2n) is 7.36. The fourth-order valence-electron chi connectivity index (χ4n) is 3.29. The molecule has 0 atom stereocenters. The van der Waals surface area contributed by atoms with Crippen molar-refractivity contribution in [3.8, 4) is 0 Å². The summed E-state index contributed by atoms with van der Waals surface area (Å²) >= 11 is 1.51. The van der Waals surface area contributed by atoms with Crippen LogP contribution < -0.4 is 9.62 Å². The molecule has 3 rings (SSSR count). The monoisotopic (exact) mass is 454 g/mol. The standard InChI is InChI=1S/C24H26N2O3S2/c1-17-9-12-20(13-10-17)31(28,29)26(22-14-11-18(2)15-19(22)3)16-24(27)25-21-7-5-6-8-23(21)30-4/h5-15H,16H2,1-4H3,(H,25,27). The number of hydrogen-bond donors (Lipinski definition) is 1. The summed E-state index contributed by atoms with van der Waals surface area (Å²) in [5.74, 6) is -0.405. The number of carbonyl (C=O) groups excluding carboxylic acids is 1. The second-order valence-corrected chi connectivity index (χ2v) is 10.1. The molecule has 0 saturated heterocycles. The molecule has 162 valence electrons. The first-order chi connectivity index (χ1) is 14.7. The number of hydrogen-bond acceptors (Lipinski definition) is 4. The van der Waals surface area contributed by atoms with E-state index >= 15 is 0 Å². The molecule has 31 heavy (non-hydrogen) atoms. The van der Waals surface area contributed by atoms with Crippen molar-refractivity contribution in [3.05, 3.63) is 83.4 Å². The fraction of sp³-hybridized carbons (Fsp3) is 0.208. The van der Waals surface area contributed by atoms with Gasteiger partial charge in [-0.2, -0.15) is 0 Å². The highest BCUT2D eigenvalue weighted by Gasteiger charge is 2.28. The summed E-state index contributed by atoms with van der Waals surface area (Å²) in [6.07, 6.45) is 1.93. The van der Waals surface area contributed by atoms with Crippen LogP contribution in [0.15, 0.2) is 76.5 Å². The normalized spacial score (nSPS) is 11.2. The molecule has 3 aromatic rings. The Labute approximate surface area is 188 Å². The summed E-state index contributed by atoms with van der Waals surface area (Å²) in [6.45, 7) is 5.36. The molecule has 0 aliphatic carbocycles. The second kappa shape index (κ2) is 9.58. The van der Waals surface area contributed by atoms with Gasteiger partial charge in [-0.05, 0) is 62.9 Å². The van der Waals surface area contributed by atoms with E-state index in [2.05, 4.69) is 5.32 Å². The molecule has 0 fully saturated rings. The summed E-state index contributed by atoms with van der Waals surface area (Å²) in [5, 5.41) is 2.86. The van der Waals surface area contributed by atoms with E-state index in [9.17, 15) is 13.2 Å². The van der Waals surface area contributed by atoms with Crippen LogP contribution in [0, 0.1) is 20.8 Å². The van der Waals surface area contributed by atoms with Crippen LogP contribution >= 0.6 is 11.8 Å². The van der Waals surface area contributed by atoms with E-state index in [0.717, 1.165) is 21.6 Å². The average Bonchev–Trinajstić information content (AvgIpc) is 2.73. The molecule has 3 aromatic carbocycles. The third kappa shape index (κ3) is 5.29. The molecule has 0 aromatic heterocycles. The average molecular weight is 455 g/mol. The van der Waals surface area contributed by atoms with Crippen LogP contribution in [0.5, 0.6) is 0 Å². The summed E-state index contributed by atoms with van der Waals surface area (Å²) in [7, 11) is -3.94. The zero-order valence-electron chi connectivity index (χ0n) is 18.0. The van der Waals surface area contributed by atoms with E-state index < -0.39 is 15.9 Å². The highest BCUT2D eigenvalue weighted by molar-refractivity contribution is 7.98. The van der Waals surface area contributed by atoms with Gasteiger partial charge in [-0.25, -0.2) is 8.42 Å². The molecule has 1 amide bonds. The minimum atomic E-state index is -3.94. The molecule has 0 aliphatic rings. The molecule has 0 radical (unpaired) electrons. The molecule has 0 heterocycles. The van der Waals surface area contributed by atoms with Gasteiger partial charge < -0.3 is 5.32 Å². The first-order valence-corrected chi connectivity index (χ1v) is 12.5. The number of carbonyl (C=O) groups is 1. The third-order valence-electron chi connectivity index (χ3n) is 4.90. The van der Waals surface area contributed by atoms with Crippen LogP contribution in [-0.2, 0) is 14.8 Å². The predicted molar refractivity (Wildman–Crippen MR) is 128 cm³/mol. The van der Waals surface area contributed by atoms with Crippen molar-refractivity contribution in [3.63, 3.8) is 0 Å². The van der Waals surface area contributed by atoms with Crippen LogP contribution in [0.3, 0.4) is 0 Å². The molecule has 5 nitrogen and oxygen atoms in total. The van der Waals surface area contributed by atoms with Crippen molar-refractivity contribution in [1.82, 2.24) is 0 Å². The SMILES string of the molecule is CSc1ccccc1NC(=O)CN(c1ccc(C)cc1C)S(=O)(=O)c1ccc(C)cc1. The minimum absolute atomic E-state index is 0.149. The number of amides is 1. The van der Waals surface area contributed by atoms with Gasteiger partial charge in [0.05, 0.1) is 16.3 Å². The molecule has 0 aliphatic heterocycles. The molecule has 1 N–H and O–H groups in total. The Hall–Kier alpha value is -2.77. The van der Waals surface area contributed by atoms with Crippen molar-refractivity contribution in [2.45, 2.75) is 30.6 Å². The number of sulfonamides is 1. The highest BCUT2D eigenvalue weighted by Crippen LogP contribution is 2.29. The number of anilines is 2. The number of thioether (sulfide) groups is 1. The Morgan fingerprint density at radius 3 is 2.23 bits per heavy atom. The van der Waals surface area contributed by atoms with Crippen molar-refractivity contribution >= 4 is 39.1 Å². The molecule has 0 bridgehead atoms. The zero-order chi connectivity index (χ0) is 22.6. The van der Waals surface area contributed by atoms with Crippen molar-refractivity contribution in [1.29, 1.82) is 0 Å². The van der Waals surface area contributed by atoms with E-state index in [-0.39, 0.29) is 11.4 Å². The predicted octanol–water partition coefficient (Wildman–Crippen LogP) is 5.17. The molecule has 0 unspecified atom stereocenters. The van der Waals surface area contributed by atoms with Crippen molar-refractivity contribution in [2.24, 2.45) is 0 Å². The lowest BCUT2D eigenvalue weighted by Gasteiger charge is -2.26. The van der Waals surface area contributed by atoms with Gasteiger partial charge in [0.25, 0.3) is 10.0 Å². The third-order valence-corrected chi connectivity index (χ3v) is 7.47. The maximum absolute atomic E-state index is 13.5. The van der Waals surface area contributed by atoms with E-state index in [4.69, 9.17) is 0 Å². The van der Waals surface area contributed by atoms with Gasteiger partial charge in [0, 0.05) is 4.90 Å². The van der Waals surface area contributed by atoms with Gasteiger partial charge in [-0.15, -0.1) is 11.8 Å². The fourth-order valence-corrected chi connectivity index (χ4v) is 5.33. The summed E-state index contributed by atoms with van der Waals surface area (Å²) in [5.41, 5.74) is 3.91. The Morgan fingerprint density at radius 1 is 0.935 bits per heavy atom. The number of aryl methyl sites for hydroxylation is 3. The van der Waals surface area contributed by atoms with Crippen molar-refractivity contribution in [2.75, 3.05) is 22.4 Å². The van der Waals surface area contributed by atoms with Crippen LogP contribution in [0.2, 0.25) is 0 Å². The lowest BCUT2D eigenvalue weighted by molar-refractivity contribution is -0.114. The quantitative estimate of drug-likeness (QED) is 0.500. The van der Waals surface area contributed by atoms with Crippen LogP contribution in [0.4, 0.5) is 11.4 Å². The Kier molecular flexibility index (Phi) is 7.08. The van der Waals surface area contributed by atoms with Gasteiger partial charge in [-0.3, -0.25) is 9.10 Å². The van der Waals surface area contributed by atoms with Gasteiger partial charge in [0.15, 0.2) is 0 Å². The lowest BCUT2D eigenvalue weighted by Crippen LogP contribution is -2.38. The molecule has 0 saturated carbocycles. The minimum Gasteiger partial charge on any atom is -0.323 e. The Balaban J connectivity index is 2.00. The van der Waals surface area contributed by atoms with Crippen LogP contribution in [-0.4, -0.2) is 27.1 Å². The number of rotatable bonds is 7. The first kappa shape index (κ1) is 22.9. The van der Waals surface area contributed by atoms with Gasteiger partial charge in [0.1, 0.15) is 6.54 Å². The lowest BCUT2D eigenvalue weighted by atomic mass is 10.1.